The Morgan fingerprint density at radius 3 is 2.50 bits per heavy atom. The molecule has 1 fully saturated rings. The van der Waals surface area contributed by atoms with E-state index < -0.39 is 0 Å². The lowest BCUT2D eigenvalue weighted by Gasteiger charge is -2.38. The number of carbonyl (C=O) groups is 2. The molecule has 0 radical (unpaired) electrons. The highest BCUT2D eigenvalue weighted by molar-refractivity contribution is 5.98. The Labute approximate surface area is 201 Å². The molecule has 3 aromatic rings. The molecular formula is C29H31N3O2. The Morgan fingerprint density at radius 2 is 1.74 bits per heavy atom. The predicted molar refractivity (Wildman–Crippen MR) is 133 cm³/mol. The number of fused-ring (bicyclic) bond motifs is 1. The van der Waals surface area contributed by atoms with Crippen LogP contribution in [-0.4, -0.2) is 47.3 Å². The summed E-state index contributed by atoms with van der Waals surface area (Å²) in [7, 11) is 0. The van der Waals surface area contributed by atoms with Crippen LogP contribution in [0.4, 0.5) is 0 Å². The van der Waals surface area contributed by atoms with Gasteiger partial charge in [-0.15, -0.1) is 0 Å². The molecular weight excluding hydrogens is 422 g/mol. The average Bonchev–Trinajstić information content (AvgIpc) is 3.20. The molecule has 0 spiro atoms. The van der Waals surface area contributed by atoms with Gasteiger partial charge in [-0.2, -0.15) is 0 Å². The maximum Gasteiger partial charge on any atom is 0.255 e. The monoisotopic (exact) mass is 453 g/mol. The second-order valence-electron chi connectivity index (χ2n) is 9.36. The third kappa shape index (κ3) is 4.62. The Hall–Kier alpha value is -3.44. The highest BCUT2D eigenvalue weighted by atomic mass is 16.2. The number of nitrogens with one attached hydrogen (secondary N) is 1. The van der Waals surface area contributed by atoms with Gasteiger partial charge in [-0.1, -0.05) is 78.4 Å². The number of amides is 2. The summed E-state index contributed by atoms with van der Waals surface area (Å²) in [5.74, 6) is 0.117. The van der Waals surface area contributed by atoms with Gasteiger partial charge in [-0.05, 0) is 36.1 Å². The Kier molecular flexibility index (Phi) is 6.45. The summed E-state index contributed by atoms with van der Waals surface area (Å²) < 4.78 is 0. The van der Waals surface area contributed by atoms with Crippen molar-refractivity contribution in [3.8, 4) is 0 Å². The summed E-state index contributed by atoms with van der Waals surface area (Å²) in [5, 5.41) is 3.45. The minimum atomic E-state index is -0.291. The molecule has 2 aliphatic rings. The zero-order valence-corrected chi connectivity index (χ0v) is 19.6. The predicted octanol–water partition coefficient (Wildman–Crippen LogP) is 4.13. The standard InChI is InChI=1S/C29H31N3O2/c1-21-11-13-23(14-12-21)27(32-20-24-9-5-6-10-26(24)29(32)34)18-28(33)31-16-15-30-19-25(31)17-22-7-3-2-4-8-22/h2-14,25,27,30H,15-20H2,1H3/t25-,27?/m1/s1. The molecule has 2 aliphatic heterocycles. The topological polar surface area (TPSA) is 52.7 Å². The minimum Gasteiger partial charge on any atom is -0.337 e. The number of nitrogens with zero attached hydrogens (tertiary/aromatic N) is 2. The first-order chi connectivity index (χ1) is 16.6. The normalized spacial score (nSPS) is 18.6. The number of aryl methyl sites for hydroxylation is 1. The van der Waals surface area contributed by atoms with E-state index in [0.29, 0.717) is 13.1 Å². The zero-order chi connectivity index (χ0) is 23.5. The van der Waals surface area contributed by atoms with Gasteiger partial charge in [0.15, 0.2) is 0 Å². The third-order valence-electron chi connectivity index (χ3n) is 7.04. The lowest BCUT2D eigenvalue weighted by Crippen LogP contribution is -2.55. The smallest absolute Gasteiger partial charge is 0.255 e. The second kappa shape index (κ2) is 9.82. The van der Waals surface area contributed by atoms with Crippen molar-refractivity contribution in [2.24, 2.45) is 0 Å². The molecule has 2 heterocycles. The molecule has 1 unspecified atom stereocenters. The average molecular weight is 454 g/mol. The number of rotatable bonds is 6. The lowest BCUT2D eigenvalue weighted by atomic mass is 9.98. The van der Waals surface area contributed by atoms with Gasteiger partial charge >= 0.3 is 0 Å². The van der Waals surface area contributed by atoms with Gasteiger partial charge in [0, 0.05) is 37.8 Å². The molecule has 174 valence electrons. The number of piperazine rings is 1. The summed E-state index contributed by atoms with van der Waals surface area (Å²) >= 11 is 0. The molecule has 1 saturated heterocycles. The van der Waals surface area contributed by atoms with Gasteiger partial charge in [0.05, 0.1) is 12.5 Å². The zero-order valence-electron chi connectivity index (χ0n) is 19.6. The third-order valence-corrected chi connectivity index (χ3v) is 7.04. The summed E-state index contributed by atoms with van der Waals surface area (Å²) in [6.07, 6.45) is 1.11. The maximum absolute atomic E-state index is 13.7. The van der Waals surface area contributed by atoms with Gasteiger partial charge < -0.3 is 15.1 Å². The lowest BCUT2D eigenvalue weighted by molar-refractivity contribution is -0.135. The summed E-state index contributed by atoms with van der Waals surface area (Å²) in [4.78, 5) is 31.0. The largest absolute Gasteiger partial charge is 0.337 e. The SMILES string of the molecule is Cc1ccc(C(CC(=O)N2CCNC[C@H]2Cc2ccccc2)N2Cc3ccccc3C2=O)cc1. The van der Waals surface area contributed by atoms with Gasteiger partial charge in [-0.3, -0.25) is 9.59 Å². The fourth-order valence-electron chi connectivity index (χ4n) is 5.17. The van der Waals surface area contributed by atoms with Crippen molar-refractivity contribution in [1.29, 1.82) is 0 Å². The van der Waals surface area contributed by atoms with Crippen molar-refractivity contribution in [1.82, 2.24) is 15.1 Å². The molecule has 5 nitrogen and oxygen atoms in total. The van der Waals surface area contributed by atoms with E-state index in [9.17, 15) is 9.59 Å². The molecule has 0 aliphatic carbocycles. The van der Waals surface area contributed by atoms with E-state index in [2.05, 4.69) is 48.6 Å². The second-order valence-corrected chi connectivity index (χ2v) is 9.36. The number of benzene rings is 3. The molecule has 34 heavy (non-hydrogen) atoms. The molecule has 5 heteroatoms. The van der Waals surface area contributed by atoms with Crippen LogP contribution in [-0.2, 0) is 17.8 Å². The van der Waals surface area contributed by atoms with Gasteiger partial charge in [0.25, 0.3) is 5.91 Å². The van der Waals surface area contributed by atoms with E-state index in [-0.39, 0.29) is 30.3 Å². The molecule has 0 saturated carbocycles. The highest BCUT2D eigenvalue weighted by Gasteiger charge is 2.36. The van der Waals surface area contributed by atoms with E-state index in [1.54, 1.807) is 0 Å². The Bertz CT molecular complexity index is 1160. The molecule has 2 atom stereocenters. The van der Waals surface area contributed by atoms with Crippen molar-refractivity contribution in [2.75, 3.05) is 19.6 Å². The number of carbonyl (C=O) groups excluding carboxylic acids is 2. The fourth-order valence-corrected chi connectivity index (χ4v) is 5.17. The van der Waals surface area contributed by atoms with Crippen molar-refractivity contribution in [2.45, 2.75) is 38.4 Å². The van der Waals surface area contributed by atoms with Crippen molar-refractivity contribution in [3.05, 3.63) is 107 Å². The van der Waals surface area contributed by atoms with E-state index in [0.717, 1.165) is 41.8 Å². The Morgan fingerprint density at radius 1 is 1.00 bits per heavy atom. The number of hydrogen-bond acceptors (Lipinski definition) is 3. The molecule has 3 aromatic carbocycles. The van der Waals surface area contributed by atoms with Crippen molar-refractivity contribution < 1.29 is 9.59 Å². The first-order valence-corrected chi connectivity index (χ1v) is 12.1. The number of hydrogen-bond donors (Lipinski definition) is 1. The van der Waals surface area contributed by atoms with E-state index >= 15 is 0 Å². The molecule has 0 bridgehead atoms. The van der Waals surface area contributed by atoms with Gasteiger partial charge in [0.2, 0.25) is 5.91 Å². The molecule has 5 rings (SSSR count). The van der Waals surface area contributed by atoms with Crippen LogP contribution in [0.25, 0.3) is 0 Å². The van der Waals surface area contributed by atoms with Crippen molar-refractivity contribution >= 4 is 11.8 Å². The fraction of sp³-hybridized carbons (Fsp3) is 0.310. The summed E-state index contributed by atoms with van der Waals surface area (Å²) in [5.41, 5.74) is 5.18. The summed E-state index contributed by atoms with van der Waals surface area (Å²) in [6.45, 7) is 4.85. The summed E-state index contributed by atoms with van der Waals surface area (Å²) in [6, 6.07) is 26.2. The molecule has 1 N–H and O–H groups in total. The van der Waals surface area contributed by atoms with Crippen LogP contribution in [0.15, 0.2) is 78.9 Å². The minimum absolute atomic E-state index is 0.00937. The van der Waals surface area contributed by atoms with Crippen LogP contribution in [0.3, 0.4) is 0 Å². The Balaban J connectivity index is 1.40. The van der Waals surface area contributed by atoms with Crippen LogP contribution in [0.2, 0.25) is 0 Å². The van der Waals surface area contributed by atoms with Crippen molar-refractivity contribution in [3.63, 3.8) is 0 Å². The van der Waals surface area contributed by atoms with Gasteiger partial charge in [-0.25, -0.2) is 0 Å². The van der Waals surface area contributed by atoms with E-state index in [1.807, 2.05) is 52.3 Å². The maximum atomic E-state index is 13.7. The van der Waals surface area contributed by atoms with E-state index in [1.165, 1.54) is 5.56 Å². The first-order valence-electron chi connectivity index (χ1n) is 12.1. The van der Waals surface area contributed by atoms with Crippen LogP contribution in [0.1, 0.15) is 45.1 Å². The van der Waals surface area contributed by atoms with Crippen LogP contribution in [0.5, 0.6) is 0 Å². The molecule has 2 amide bonds. The highest BCUT2D eigenvalue weighted by Crippen LogP contribution is 2.34. The van der Waals surface area contributed by atoms with Crippen LogP contribution >= 0.6 is 0 Å². The quantitative estimate of drug-likeness (QED) is 0.611. The van der Waals surface area contributed by atoms with Crippen LogP contribution in [0, 0.1) is 6.92 Å². The van der Waals surface area contributed by atoms with Crippen LogP contribution < -0.4 is 5.32 Å². The van der Waals surface area contributed by atoms with Gasteiger partial charge in [0.1, 0.15) is 0 Å². The first kappa shape index (κ1) is 22.4. The van der Waals surface area contributed by atoms with E-state index in [4.69, 9.17) is 0 Å². The molecule has 0 aromatic heterocycles.